The third-order valence-corrected chi connectivity index (χ3v) is 5.18. The zero-order valence-corrected chi connectivity index (χ0v) is 19.3. The fourth-order valence-corrected chi connectivity index (χ4v) is 3.17. The number of methoxy groups -OCH3 is 1. The molecule has 3 aromatic carbocycles. The van der Waals surface area contributed by atoms with Gasteiger partial charge in [0.2, 0.25) is 0 Å². The summed E-state index contributed by atoms with van der Waals surface area (Å²) < 4.78 is 16.8. The number of hydrogen-bond donors (Lipinski definition) is 0. The molecule has 0 aliphatic heterocycles. The van der Waals surface area contributed by atoms with E-state index in [1.807, 2.05) is 60.7 Å². The quantitative estimate of drug-likeness (QED) is 0.244. The fraction of sp³-hybridized carbons (Fsp3) is 0.250. The van der Waals surface area contributed by atoms with Crippen LogP contribution in [0.4, 0.5) is 0 Å². The van der Waals surface area contributed by atoms with E-state index >= 15 is 0 Å². The lowest BCUT2D eigenvalue weighted by molar-refractivity contribution is -0.128. The summed E-state index contributed by atoms with van der Waals surface area (Å²) in [4.78, 5) is 12.2. The molecule has 0 heterocycles. The van der Waals surface area contributed by atoms with Crippen LogP contribution in [0.1, 0.15) is 43.0 Å². The van der Waals surface area contributed by atoms with Gasteiger partial charge in [-0.3, -0.25) is 0 Å². The molecule has 0 aliphatic carbocycles. The molecule has 0 aromatic heterocycles. The molecule has 0 aliphatic rings. The number of ether oxygens (including phenoxy) is 3. The van der Waals surface area contributed by atoms with Crippen LogP contribution in [-0.4, -0.2) is 13.1 Å². The molecule has 0 radical (unpaired) electrons. The Balaban J connectivity index is 1.62. The Morgan fingerprint density at radius 2 is 1.66 bits per heavy atom. The predicted octanol–water partition coefficient (Wildman–Crippen LogP) is 6.50. The normalized spacial score (nSPS) is 11.4. The van der Waals surface area contributed by atoms with Crippen molar-refractivity contribution >= 4 is 12.0 Å². The molecule has 0 unspecified atom stereocenters. The molecule has 0 bridgehead atoms. The highest BCUT2D eigenvalue weighted by Gasteiger charge is 2.13. The average Bonchev–Trinajstić information content (AvgIpc) is 2.77. The number of hydrogen-bond acceptors (Lipinski definition) is 4. The maximum atomic E-state index is 12.2. The number of carbonyl (C=O) groups excluding carboxylic acids is 1. The minimum atomic E-state index is -0.438. The van der Waals surface area contributed by atoms with Crippen molar-refractivity contribution in [2.75, 3.05) is 7.11 Å². The number of carbonyl (C=O) groups is 1. The second-order valence-electron chi connectivity index (χ2n) is 8.65. The zero-order valence-electron chi connectivity index (χ0n) is 19.3. The van der Waals surface area contributed by atoms with Crippen LogP contribution in [-0.2, 0) is 16.8 Å². The molecule has 4 heteroatoms. The summed E-state index contributed by atoms with van der Waals surface area (Å²) in [7, 11) is 1.60. The van der Waals surface area contributed by atoms with Crippen LogP contribution in [0.3, 0.4) is 0 Å². The number of esters is 1. The second-order valence-corrected chi connectivity index (χ2v) is 8.65. The van der Waals surface area contributed by atoms with E-state index in [1.54, 1.807) is 13.2 Å². The van der Waals surface area contributed by atoms with Crippen molar-refractivity contribution in [1.82, 2.24) is 0 Å². The van der Waals surface area contributed by atoms with Gasteiger partial charge < -0.3 is 14.2 Å². The number of benzene rings is 3. The molecule has 3 aromatic rings. The van der Waals surface area contributed by atoms with Crippen LogP contribution >= 0.6 is 0 Å². The van der Waals surface area contributed by atoms with Gasteiger partial charge in [0.15, 0.2) is 11.5 Å². The SMILES string of the molecule is COc1cc(/C=C/C(=O)Oc2ccc(C(C)(C)C)cc2)ccc1OCc1ccccc1C. The highest BCUT2D eigenvalue weighted by Crippen LogP contribution is 2.30. The van der Waals surface area contributed by atoms with Crippen molar-refractivity contribution in [1.29, 1.82) is 0 Å². The van der Waals surface area contributed by atoms with Crippen molar-refractivity contribution in [2.45, 2.75) is 39.7 Å². The summed E-state index contributed by atoms with van der Waals surface area (Å²) in [5, 5.41) is 0. The van der Waals surface area contributed by atoms with Crippen LogP contribution in [0.2, 0.25) is 0 Å². The Morgan fingerprint density at radius 3 is 2.31 bits per heavy atom. The summed E-state index contributed by atoms with van der Waals surface area (Å²) in [6.45, 7) is 8.94. The zero-order chi connectivity index (χ0) is 23.1. The smallest absolute Gasteiger partial charge is 0.336 e. The molecule has 0 fully saturated rings. The van der Waals surface area contributed by atoms with Gasteiger partial charge >= 0.3 is 5.97 Å². The molecule has 3 rings (SSSR count). The van der Waals surface area contributed by atoms with Gasteiger partial charge in [-0.05, 0) is 64.9 Å². The van der Waals surface area contributed by atoms with Gasteiger partial charge in [-0.1, -0.05) is 63.2 Å². The third-order valence-electron chi connectivity index (χ3n) is 5.18. The van der Waals surface area contributed by atoms with Crippen molar-refractivity contribution < 1.29 is 19.0 Å². The van der Waals surface area contributed by atoms with Gasteiger partial charge in [0.25, 0.3) is 0 Å². The lowest BCUT2D eigenvalue weighted by Gasteiger charge is -2.18. The minimum Gasteiger partial charge on any atom is -0.493 e. The van der Waals surface area contributed by atoms with E-state index in [9.17, 15) is 4.79 Å². The monoisotopic (exact) mass is 430 g/mol. The summed E-state index contributed by atoms with van der Waals surface area (Å²) in [5.74, 6) is 1.33. The van der Waals surface area contributed by atoms with Gasteiger partial charge in [-0.15, -0.1) is 0 Å². The van der Waals surface area contributed by atoms with E-state index in [2.05, 4.69) is 33.8 Å². The molecule has 0 saturated heterocycles. The van der Waals surface area contributed by atoms with E-state index in [-0.39, 0.29) is 5.41 Å². The van der Waals surface area contributed by atoms with Crippen molar-refractivity contribution in [3.05, 3.63) is 95.1 Å². The molecule has 0 atom stereocenters. The molecule has 0 amide bonds. The highest BCUT2D eigenvalue weighted by molar-refractivity contribution is 5.88. The third kappa shape index (κ3) is 6.24. The summed E-state index contributed by atoms with van der Waals surface area (Å²) in [5.41, 5.74) is 4.35. The van der Waals surface area contributed by atoms with Gasteiger partial charge in [0.05, 0.1) is 7.11 Å². The average molecular weight is 431 g/mol. The van der Waals surface area contributed by atoms with Crippen molar-refractivity contribution in [3.8, 4) is 17.2 Å². The van der Waals surface area contributed by atoms with Crippen LogP contribution in [0.25, 0.3) is 6.08 Å². The number of aryl methyl sites for hydroxylation is 1. The van der Waals surface area contributed by atoms with Gasteiger partial charge in [-0.25, -0.2) is 4.79 Å². The molecule has 4 nitrogen and oxygen atoms in total. The first-order valence-electron chi connectivity index (χ1n) is 10.6. The highest BCUT2D eigenvalue weighted by atomic mass is 16.5. The van der Waals surface area contributed by atoms with Crippen LogP contribution in [0.5, 0.6) is 17.2 Å². The van der Waals surface area contributed by atoms with Gasteiger partial charge in [0, 0.05) is 6.08 Å². The van der Waals surface area contributed by atoms with Gasteiger partial charge in [-0.2, -0.15) is 0 Å². The first-order valence-corrected chi connectivity index (χ1v) is 10.6. The van der Waals surface area contributed by atoms with Crippen LogP contribution in [0.15, 0.2) is 72.8 Å². The first kappa shape index (κ1) is 23.1. The van der Waals surface area contributed by atoms with E-state index in [4.69, 9.17) is 14.2 Å². The van der Waals surface area contributed by atoms with Gasteiger partial charge in [0.1, 0.15) is 12.4 Å². The Labute approximate surface area is 190 Å². The molecule has 0 N–H and O–H groups in total. The lowest BCUT2D eigenvalue weighted by Crippen LogP contribution is -2.11. The van der Waals surface area contributed by atoms with E-state index in [1.165, 1.54) is 17.2 Å². The van der Waals surface area contributed by atoms with Crippen LogP contribution in [0, 0.1) is 6.92 Å². The van der Waals surface area contributed by atoms with E-state index < -0.39 is 5.97 Å². The molecule has 166 valence electrons. The molecule has 32 heavy (non-hydrogen) atoms. The van der Waals surface area contributed by atoms with E-state index in [0.717, 1.165) is 11.1 Å². The molecular weight excluding hydrogens is 400 g/mol. The maximum Gasteiger partial charge on any atom is 0.336 e. The van der Waals surface area contributed by atoms with Crippen LogP contribution < -0.4 is 14.2 Å². The Bertz CT molecular complexity index is 1090. The first-order chi connectivity index (χ1) is 15.3. The van der Waals surface area contributed by atoms with Crippen molar-refractivity contribution in [2.24, 2.45) is 0 Å². The fourth-order valence-electron chi connectivity index (χ4n) is 3.17. The summed E-state index contributed by atoms with van der Waals surface area (Å²) in [6.07, 6.45) is 3.10. The Hall–Kier alpha value is -3.53. The second kappa shape index (κ2) is 10.2. The molecule has 0 spiro atoms. The Morgan fingerprint density at radius 1 is 0.938 bits per heavy atom. The molecule has 0 saturated carbocycles. The summed E-state index contributed by atoms with van der Waals surface area (Å²) in [6, 6.07) is 21.2. The molecular formula is C28H30O4. The summed E-state index contributed by atoms with van der Waals surface area (Å²) >= 11 is 0. The number of rotatable bonds is 7. The van der Waals surface area contributed by atoms with E-state index in [0.29, 0.717) is 23.9 Å². The largest absolute Gasteiger partial charge is 0.493 e. The van der Waals surface area contributed by atoms with Crippen molar-refractivity contribution in [3.63, 3.8) is 0 Å². The topological polar surface area (TPSA) is 44.8 Å². The Kier molecular flexibility index (Phi) is 7.37. The minimum absolute atomic E-state index is 0.0529. The lowest BCUT2D eigenvalue weighted by atomic mass is 9.87. The maximum absolute atomic E-state index is 12.2. The standard InChI is InChI=1S/C28H30O4/c1-20-8-6-7-9-22(20)19-31-25-16-10-21(18-26(25)30-5)11-17-27(29)32-24-14-12-23(13-15-24)28(2,3)4/h6-18H,19H2,1-5H3/b17-11+. The predicted molar refractivity (Wildman–Crippen MR) is 128 cm³/mol.